The summed E-state index contributed by atoms with van der Waals surface area (Å²) >= 11 is 0. The fourth-order valence-corrected chi connectivity index (χ4v) is 2.40. The van der Waals surface area contributed by atoms with Crippen molar-refractivity contribution in [1.82, 2.24) is 0 Å². The molecule has 2 rings (SSSR count). The highest BCUT2D eigenvalue weighted by Crippen LogP contribution is 2.14. The van der Waals surface area contributed by atoms with Gasteiger partial charge in [0.05, 0.1) is 4.90 Å². The second-order valence-electron chi connectivity index (χ2n) is 3.88. The number of benzene rings is 2. The van der Waals surface area contributed by atoms with E-state index in [1.807, 2.05) is 30.3 Å². The van der Waals surface area contributed by atoms with Gasteiger partial charge in [0.25, 0.3) is 0 Å². The smallest absolute Gasteiger partial charge is 0.176 e. The molecule has 0 N–H and O–H groups in total. The Bertz CT molecular complexity index is 705. The summed E-state index contributed by atoms with van der Waals surface area (Å²) in [5, 5.41) is 0. The summed E-state index contributed by atoms with van der Waals surface area (Å²) in [5.41, 5.74) is 1.39. The Balaban J connectivity index is 2.46. The van der Waals surface area contributed by atoms with Crippen molar-refractivity contribution in [3.05, 3.63) is 65.7 Å². The Hall–Kier alpha value is -2.05. The lowest BCUT2D eigenvalue weighted by Crippen LogP contribution is -1.99. The van der Waals surface area contributed by atoms with E-state index in [9.17, 15) is 8.42 Å². The minimum Gasteiger partial charge on any atom is -0.224 e. The molecule has 0 aromatic heterocycles. The molecule has 2 aromatic rings. The zero-order valence-corrected chi connectivity index (χ0v) is 10.7. The van der Waals surface area contributed by atoms with Crippen LogP contribution < -0.4 is 0 Å². The van der Waals surface area contributed by atoms with Gasteiger partial charge in [-0.3, -0.25) is 0 Å². The summed E-state index contributed by atoms with van der Waals surface area (Å²) in [6, 6.07) is 16.2. The predicted molar refractivity (Wildman–Crippen MR) is 72.0 cm³/mol. The molecule has 0 atom stereocenters. The standard InChI is InChI=1S/C15H12O2S/c1-18(16,17)15-10-6-5-9-14(15)12-11-13-7-3-2-4-8-13/h2-10H,1H3. The average molecular weight is 256 g/mol. The number of hydrogen-bond acceptors (Lipinski definition) is 2. The van der Waals surface area contributed by atoms with E-state index in [1.54, 1.807) is 24.3 Å². The fourth-order valence-electron chi connectivity index (χ4n) is 1.55. The molecular weight excluding hydrogens is 244 g/mol. The van der Waals surface area contributed by atoms with Crippen LogP contribution in [0.1, 0.15) is 11.1 Å². The van der Waals surface area contributed by atoms with Gasteiger partial charge in [0.1, 0.15) is 0 Å². The first-order chi connectivity index (χ1) is 8.57. The number of sulfone groups is 1. The lowest BCUT2D eigenvalue weighted by atomic mass is 10.2. The van der Waals surface area contributed by atoms with Crippen LogP contribution >= 0.6 is 0 Å². The molecule has 2 aromatic carbocycles. The van der Waals surface area contributed by atoms with Crippen LogP contribution in [0.25, 0.3) is 0 Å². The monoisotopic (exact) mass is 256 g/mol. The third-order valence-corrected chi connectivity index (χ3v) is 3.56. The molecule has 0 heterocycles. The summed E-state index contributed by atoms with van der Waals surface area (Å²) in [5.74, 6) is 5.87. The highest BCUT2D eigenvalue weighted by atomic mass is 32.2. The van der Waals surface area contributed by atoms with Gasteiger partial charge in [-0.15, -0.1) is 0 Å². The first-order valence-corrected chi connectivity index (χ1v) is 7.33. The molecule has 0 amide bonds. The molecule has 2 nitrogen and oxygen atoms in total. The molecule has 0 bridgehead atoms. The zero-order chi connectivity index (χ0) is 13.0. The summed E-state index contributed by atoms with van der Waals surface area (Å²) < 4.78 is 23.2. The Labute approximate surface area is 107 Å². The zero-order valence-electron chi connectivity index (χ0n) is 9.92. The van der Waals surface area contributed by atoms with E-state index >= 15 is 0 Å². The minimum absolute atomic E-state index is 0.272. The van der Waals surface area contributed by atoms with Crippen molar-refractivity contribution in [1.29, 1.82) is 0 Å². The largest absolute Gasteiger partial charge is 0.224 e. The van der Waals surface area contributed by atoms with E-state index in [0.717, 1.165) is 5.56 Å². The van der Waals surface area contributed by atoms with E-state index in [2.05, 4.69) is 11.8 Å². The van der Waals surface area contributed by atoms with Gasteiger partial charge < -0.3 is 0 Å². The molecular formula is C15H12O2S. The van der Waals surface area contributed by atoms with Crippen molar-refractivity contribution in [2.75, 3.05) is 6.26 Å². The van der Waals surface area contributed by atoms with Crippen molar-refractivity contribution < 1.29 is 8.42 Å². The van der Waals surface area contributed by atoms with Crippen molar-refractivity contribution in [3.63, 3.8) is 0 Å². The lowest BCUT2D eigenvalue weighted by molar-refractivity contribution is 0.601. The molecule has 0 saturated heterocycles. The minimum atomic E-state index is -3.24. The van der Waals surface area contributed by atoms with Crippen LogP contribution in [-0.4, -0.2) is 14.7 Å². The van der Waals surface area contributed by atoms with Crippen molar-refractivity contribution in [2.45, 2.75) is 4.90 Å². The van der Waals surface area contributed by atoms with Gasteiger partial charge in [-0.05, 0) is 24.3 Å². The molecule has 0 aliphatic carbocycles. The van der Waals surface area contributed by atoms with Crippen LogP contribution in [0.5, 0.6) is 0 Å². The van der Waals surface area contributed by atoms with E-state index in [4.69, 9.17) is 0 Å². The van der Waals surface area contributed by atoms with Crippen LogP contribution in [0.4, 0.5) is 0 Å². The number of hydrogen-bond donors (Lipinski definition) is 0. The fraction of sp³-hybridized carbons (Fsp3) is 0.0667. The summed E-state index contributed by atoms with van der Waals surface area (Å²) in [4.78, 5) is 0.272. The van der Waals surface area contributed by atoms with Gasteiger partial charge in [-0.2, -0.15) is 0 Å². The summed E-state index contributed by atoms with van der Waals surface area (Å²) in [6.07, 6.45) is 1.19. The highest BCUT2D eigenvalue weighted by molar-refractivity contribution is 7.90. The molecule has 3 heteroatoms. The molecule has 90 valence electrons. The first kappa shape index (κ1) is 12.4. The average Bonchev–Trinajstić information content (AvgIpc) is 2.37. The Morgan fingerprint density at radius 1 is 0.833 bits per heavy atom. The van der Waals surface area contributed by atoms with Crippen molar-refractivity contribution >= 4 is 9.84 Å². The van der Waals surface area contributed by atoms with Gasteiger partial charge >= 0.3 is 0 Å². The highest BCUT2D eigenvalue weighted by Gasteiger charge is 2.10. The van der Waals surface area contributed by atoms with Crippen LogP contribution in [0.3, 0.4) is 0 Å². The van der Waals surface area contributed by atoms with Crippen LogP contribution in [0.2, 0.25) is 0 Å². The second kappa shape index (κ2) is 5.07. The third-order valence-electron chi connectivity index (χ3n) is 2.40. The number of rotatable bonds is 1. The molecule has 0 spiro atoms. The molecule has 0 saturated carbocycles. The molecule has 0 fully saturated rings. The molecule has 18 heavy (non-hydrogen) atoms. The van der Waals surface area contributed by atoms with E-state index in [1.165, 1.54) is 6.26 Å². The van der Waals surface area contributed by atoms with Gasteiger partial charge in [0.2, 0.25) is 0 Å². The lowest BCUT2D eigenvalue weighted by Gasteiger charge is -2.00. The van der Waals surface area contributed by atoms with Crippen molar-refractivity contribution in [2.24, 2.45) is 0 Å². The van der Waals surface area contributed by atoms with Crippen LogP contribution in [-0.2, 0) is 9.84 Å². The van der Waals surface area contributed by atoms with Crippen molar-refractivity contribution in [3.8, 4) is 11.8 Å². The van der Waals surface area contributed by atoms with Gasteiger partial charge in [0.15, 0.2) is 9.84 Å². The predicted octanol–water partition coefficient (Wildman–Crippen LogP) is 2.49. The maximum atomic E-state index is 11.6. The van der Waals surface area contributed by atoms with Crippen LogP contribution in [0, 0.1) is 11.8 Å². The van der Waals surface area contributed by atoms with Crippen LogP contribution in [0.15, 0.2) is 59.5 Å². The van der Waals surface area contributed by atoms with E-state index in [-0.39, 0.29) is 4.90 Å². The van der Waals surface area contributed by atoms with E-state index < -0.39 is 9.84 Å². The quantitative estimate of drug-likeness (QED) is 0.735. The molecule has 0 aliphatic rings. The third kappa shape index (κ3) is 2.99. The SMILES string of the molecule is CS(=O)(=O)c1ccccc1C#Cc1ccccc1. The Morgan fingerprint density at radius 2 is 1.44 bits per heavy atom. The molecule has 0 radical (unpaired) electrons. The maximum absolute atomic E-state index is 11.6. The Kier molecular flexibility index (Phi) is 3.50. The topological polar surface area (TPSA) is 34.1 Å². The second-order valence-corrected chi connectivity index (χ2v) is 5.87. The molecule has 0 unspecified atom stereocenters. The van der Waals surface area contributed by atoms with Gasteiger partial charge in [-0.25, -0.2) is 8.42 Å². The Morgan fingerprint density at radius 3 is 2.11 bits per heavy atom. The first-order valence-electron chi connectivity index (χ1n) is 5.43. The van der Waals surface area contributed by atoms with Gasteiger partial charge in [-0.1, -0.05) is 42.2 Å². The summed E-state index contributed by atoms with van der Waals surface area (Å²) in [6.45, 7) is 0. The van der Waals surface area contributed by atoms with Gasteiger partial charge in [0, 0.05) is 17.4 Å². The normalized spacial score (nSPS) is 10.5. The molecule has 0 aliphatic heterocycles. The summed E-state index contributed by atoms with van der Waals surface area (Å²) in [7, 11) is -3.24. The maximum Gasteiger partial charge on any atom is 0.176 e. The van der Waals surface area contributed by atoms with E-state index in [0.29, 0.717) is 5.56 Å².